The van der Waals surface area contributed by atoms with Crippen molar-refractivity contribution in [2.24, 2.45) is 5.92 Å². The zero-order valence-electron chi connectivity index (χ0n) is 15.7. The van der Waals surface area contributed by atoms with Gasteiger partial charge in [0, 0.05) is 37.0 Å². The second-order valence-corrected chi connectivity index (χ2v) is 7.09. The van der Waals surface area contributed by atoms with Gasteiger partial charge in [-0.15, -0.1) is 0 Å². The fourth-order valence-corrected chi connectivity index (χ4v) is 3.36. The van der Waals surface area contributed by atoms with Crippen LogP contribution in [0.1, 0.15) is 17.5 Å². The molecule has 1 N–H and O–H groups in total. The lowest BCUT2D eigenvalue weighted by atomic mass is 10.1. The SMILES string of the molecule is Cc1ccc(N2CC(C(=O)NCc3cnn(-c4ccccc4)c3)CC2=O)cc1. The number of anilines is 1. The van der Waals surface area contributed by atoms with E-state index >= 15 is 0 Å². The van der Waals surface area contributed by atoms with Crippen LogP contribution in [0.3, 0.4) is 0 Å². The second kappa shape index (κ2) is 7.68. The molecule has 4 rings (SSSR count). The van der Waals surface area contributed by atoms with E-state index in [1.165, 1.54) is 0 Å². The molecule has 6 heteroatoms. The molecule has 6 nitrogen and oxygen atoms in total. The van der Waals surface area contributed by atoms with Crippen molar-refractivity contribution in [1.29, 1.82) is 0 Å². The predicted octanol–water partition coefficient (Wildman–Crippen LogP) is 2.85. The normalized spacial score (nSPS) is 16.4. The number of aryl methyl sites for hydroxylation is 1. The zero-order chi connectivity index (χ0) is 19.5. The maximum Gasteiger partial charge on any atom is 0.227 e. The van der Waals surface area contributed by atoms with Crippen LogP contribution in [0.15, 0.2) is 67.0 Å². The maximum absolute atomic E-state index is 12.6. The highest BCUT2D eigenvalue weighted by molar-refractivity contribution is 6.00. The van der Waals surface area contributed by atoms with Crippen molar-refractivity contribution in [3.8, 4) is 5.69 Å². The van der Waals surface area contributed by atoms with Crippen molar-refractivity contribution in [1.82, 2.24) is 15.1 Å². The number of carbonyl (C=O) groups is 2. The highest BCUT2D eigenvalue weighted by Crippen LogP contribution is 2.25. The van der Waals surface area contributed by atoms with Gasteiger partial charge in [0.25, 0.3) is 0 Å². The highest BCUT2D eigenvalue weighted by Gasteiger charge is 2.34. The summed E-state index contributed by atoms with van der Waals surface area (Å²) in [6.07, 6.45) is 3.88. The molecule has 0 aliphatic carbocycles. The summed E-state index contributed by atoms with van der Waals surface area (Å²) in [5.74, 6) is -0.450. The number of carbonyl (C=O) groups excluding carboxylic acids is 2. The van der Waals surface area contributed by atoms with E-state index < -0.39 is 0 Å². The molecule has 1 saturated heterocycles. The lowest BCUT2D eigenvalue weighted by Gasteiger charge is -2.16. The molecule has 2 amide bonds. The minimum absolute atomic E-state index is 0.0131. The van der Waals surface area contributed by atoms with E-state index in [1.54, 1.807) is 15.8 Å². The number of para-hydroxylation sites is 1. The average molecular weight is 374 g/mol. The highest BCUT2D eigenvalue weighted by atomic mass is 16.2. The van der Waals surface area contributed by atoms with Gasteiger partial charge in [0.05, 0.1) is 17.8 Å². The first-order valence-corrected chi connectivity index (χ1v) is 9.34. The first kappa shape index (κ1) is 18.0. The molecule has 28 heavy (non-hydrogen) atoms. The van der Waals surface area contributed by atoms with Crippen LogP contribution in [0.5, 0.6) is 0 Å². The van der Waals surface area contributed by atoms with Gasteiger partial charge in [-0.3, -0.25) is 9.59 Å². The molecule has 1 unspecified atom stereocenters. The third-order valence-electron chi connectivity index (χ3n) is 4.97. The third kappa shape index (κ3) is 3.81. The Morgan fingerprint density at radius 3 is 2.61 bits per heavy atom. The van der Waals surface area contributed by atoms with Gasteiger partial charge >= 0.3 is 0 Å². The molecule has 1 atom stereocenters. The van der Waals surface area contributed by atoms with E-state index in [9.17, 15) is 9.59 Å². The van der Waals surface area contributed by atoms with Crippen molar-refractivity contribution < 1.29 is 9.59 Å². The number of rotatable bonds is 5. The Labute approximate surface area is 163 Å². The fourth-order valence-electron chi connectivity index (χ4n) is 3.36. The number of nitrogens with zero attached hydrogens (tertiary/aromatic N) is 3. The fraction of sp³-hybridized carbons (Fsp3) is 0.227. The van der Waals surface area contributed by atoms with Crippen LogP contribution < -0.4 is 10.2 Å². The second-order valence-electron chi connectivity index (χ2n) is 7.09. The minimum atomic E-state index is -0.335. The largest absolute Gasteiger partial charge is 0.352 e. The number of hydrogen-bond donors (Lipinski definition) is 1. The molecule has 1 aliphatic heterocycles. The summed E-state index contributed by atoms with van der Waals surface area (Å²) < 4.78 is 1.78. The molecule has 0 bridgehead atoms. The molecular formula is C22H22N4O2. The lowest BCUT2D eigenvalue weighted by Crippen LogP contribution is -2.32. The molecule has 2 aromatic carbocycles. The molecule has 3 aromatic rings. The lowest BCUT2D eigenvalue weighted by molar-refractivity contribution is -0.126. The van der Waals surface area contributed by atoms with E-state index in [4.69, 9.17) is 0 Å². The molecule has 0 radical (unpaired) electrons. The van der Waals surface area contributed by atoms with Crippen molar-refractivity contribution in [3.63, 3.8) is 0 Å². The van der Waals surface area contributed by atoms with E-state index in [1.807, 2.05) is 67.7 Å². The minimum Gasteiger partial charge on any atom is -0.352 e. The first-order chi connectivity index (χ1) is 13.6. The van der Waals surface area contributed by atoms with Gasteiger partial charge in [0.2, 0.25) is 11.8 Å². The van der Waals surface area contributed by atoms with E-state index in [0.29, 0.717) is 13.1 Å². The first-order valence-electron chi connectivity index (χ1n) is 9.34. The zero-order valence-corrected chi connectivity index (χ0v) is 15.7. The van der Waals surface area contributed by atoms with E-state index in [2.05, 4.69) is 10.4 Å². The van der Waals surface area contributed by atoms with Crippen LogP contribution in [-0.2, 0) is 16.1 Å². The summed E-state index contributed by atoms with van der Waals surface area (Å²) in [5.41, 5.74) is 3.86. The molecular weight excluding hydrogens is 352 g/mol. The summed E-state index contributed by atoms with van der Waals surface area (Å²) in [7, 11) is 0. The van der Waals surface area contributed by atoms with Crippen molar-refractivity contribution in [2.75, 3.05) is 11.4 Å². The maximum atomic E-state index is 12.6. The van der Waals surface area contributed by atoms with Crippen LogP contribution in [-0.4, -0.2) is 28.1 Å². The molecule has 0 saturated carbocycles. The standard InChI is InChI=1S/C22H22N4O2/c1-16-7-9-19(10-8-16)25-15-18(11-21(25)27)22(28)23-12-17-13-24-26(14-17)20-5-3-2-4-6-20/h2-10,13-14,18H,11-12,15H2,1H3,(H,23,28). The summed E-state index contributed by atoms with van der Waals surface area (Å²) in [5, 5.41) is 7.27. The summed E-state index contributed by atoms with van der Waals surface area (Å²) in [6, 6.07) is 17.6. The number of hydrogen-bond acceptors (Lipinski definition) is 3. The summed E-state index contributed by atoms with van der Waals surface area (Å²) >= 11 is 0. The predicted molar refractivity (Wildman–Crippen MR) is 107 cm³/mol. The van der Waals surface area contributed by atoms with E-state index in [0.717, 1.165) is 22.5 Å². The molecule has 1 aliphatic rings. The van der Waals surface area contributed by atoms with Gasteiger partial charge < -0.3 is 10.2 Å². The Morgan fingerprint density at radius 1 is 1.11 bits per heavy atom. The van der Waals surface area contributed by atoms with E-state index in [-0.39, 0.29) is 24.2 Å². The Hall–Kier alpha value is -3.41. The number of amides is 2. The summed E-state index contributed by atoms with van der Waals surface area (Å²) in [4.78, 5) is 26.6. The molecule has 1 aromatic heterocycles. The van der Waals surface area contributed by atoms with Gasteiger partial charge in [-0.2, -0.15) is 5.10 Å². The smallest absolute Gasteiger partial charge is 0.227 e. The molecule has 0 spiro atoms. The number of nitrogens with one attached hydrogen (secondary N) is 1. The van der Waals surface area contributed by atoms with Crippen LogP contribution in [0, 0.1) is 12.8 Å². The van der Waals surface area contributed by atoms with Gasteiger partial charge in [0.1, 0.15) is 0 Å². The molecule has 1 fully saturated rings. The Bertz CT molecular complexity index is 979. The van der Waals surface area contributed by atoms with Crippen molar-refractivity contribution in [2.45, 2.75) is 19.9 Å². The average Bonchev–Trinajstić information content (AvgIpc) is 3.34. The molecule has 2 heterocycles. The van der Waals surface area contributed by atoms with Crippen LogP contribution in [0.25, 0.3) is 5.69 Å². The third-order valence-corrected chi connectivity index (χ3v) is 4.97. The van der Waals surface area contributed by atoms with Crippen LogP contribution in [0.2, 0.25) is 0 Å². The number of benzene rings is 2. The monoisotopic (exact) mass is 374 g/mol. The quantitative estimate of drug-likeness (QED) is 0.747. The van der Waals surface area contributed by atoms with Crippen LogP contribution in [0.4, 0.5) is 5.69 Å². The van der Waals surface area contributed by atoms with Gasteiger partial charge in [-0.05, 0) is 31.2 Å². The van der Waals surface area contributed by atoms with Crippen molar-refractivity contribution in [3.05, 3.63) is 78.1 Å². The molecule has 142 valence electrons. The van der Waals surface area contributed by atoms with Gasteiger partial charge in [-0.1, -0.05) is 35.9 Å². The topological polar surface area (TPSA) is 67.2 Å². The Balaban J connectivity index is 1.35. The number of aromatic nitrogens is 2. The van der Waals surface area contributed by atoms with Crippen molar-refractivity contribution >= 4 is 17.5 Å². The summed E-state index contributed by atoms with van der Waals surface area (Å²) in [6.45, 7) is 2.81. The Kier molecular flexibility index (Phi) is 4.93. The Morgan fingerprint density at radius 2 is 1.86 bits per heavy atom. The van der Waals surface area contributed by atoms with Crippen LogP contribution >= 0.6 is 0 Å². The van der Waals surface area contributed by atoms with Gasteiger partial charge in [0.15, 0.2) is 0 Å². The van der Waals surface area contributed by atoms with Gasteiger partial charge in [-0.25, -0.2) is 4.68 Å².